The highest BCUT2D eigenvalue weighted by molar-refractivity contribution is 5.98. The van der Waals surface area contributed by atoms with E-state index in [1.165, 1.54) is 0 Å². The molecule has 10 heteroatoms. The van der Waals surface area contributed by atoms with Gasteiger partial charge in [-0.1, -0.05) is 36.4 Å². The first-order chi connectivity index (χ1) is 19.8. The van der Waals surface area contributed by atoms with Gasteiger partial charge in [0.2, 0.25) is 11.8 Å². The lowest BCUT2D eigenvalue weighted by Crippen LogP contribution is -2.60. The fraction of sp³-hybridized carbons (Fsp3) is 0.645. The van der Waals surface area contributed by atoms with Crippen molar-refractivity contribution in [2.24, 2.45) is 11.8 Å². The lowest BCUT2D eigenvalue weighted by molar-refractivity contribution is -0.161. The number of hydrogen-bond acceptors (Lipinski definition) is 8. The molecule has 1 aromatic carbocycles. The monoisotopic (exact) mass is 569 g/mol. The van der Waals surface area contributed by atoms with E-state index in [2.05, 4.69) is 11.5 Å². The normalized spacial score (nSPS) is 31.6. The molecule has 1 N–H and O–H groups in total. The second-order valence-corrected chi connectivity index (χ2v) is 11.8. The number of morpholine rings is 1. The van der Waals surface area contributed by atoms with E-state index in [0.717, 1.165) is 18.7 Å². The Hall–Kier alpha value is -2.79. The molecule has 10 nitrogen and oxygen atoms in total. The maximum atomic E-state index is 14.6. The molecule has 4 saturated heterocycles. The molecule has 0 saturated carbocycles. The predicted octanol–water partition coefficient (Wildman–Crippen LogP) is 1.26. The fourth-order valence-corrected chi connectivity index (χ4v) is 7.47. The lowest BCUT2D eigenvalue weighted by atomic mass is 9.66. The van der Waals surface area contributed by atoms with Gasteiger partial charge in [-0.25, -0.2) is 0 Å². The first-order valence-electron chi connectivity index (χ1n) is 14.8. The van der Waals surface area contributed by atoms with Gasteiger partial charge >= 0.3 is 5.97 Å². The van der Waals surface area contributed by atoms with Crippen LogP contribution >= 0.6 is 0 Å². The van der Waals surface area contributed by atoms with Gasteiger partial charge in [-0.15, -0.1) is 6.58 Å². The van der Waals surface area contributed by atoms with E-state index >= 15 is 0 Å². The topological polar surface area (TPSA) is 109 Å². The van der Waals surface area contributed by atoms with Crippen LogP contribution in [0.4, 0.5) is 0 Å². The Bertz CT molecular complexity index is 1130. The highest BCUT2D eigenvalue weighted by Crippen LogP contribution is 2.63. The Kier molecular flexibility index (Phi) is 8.84. The summed E-state index contributed by atoms with van der Waals surface area (Å²) in [6.45, 7) is 11.7. The van der Waals surface area contributed by atoms with Crippen molar-refractivity contribution in [3.05, 3.63) is 48.6 Å². The summed E-state index contributed by atoms with van der Waals surface area (Å²) in [7, 11) is 0. The van der Waals surface area contributed by atoms with Crippen molar-refractivity contribution in [2.75, 3.05) is 59.2 Å². The number of esters is 1. The standard InChI is InChI=1S/C31H43N3O7/c1-4-13-33(15-14-32-16-18-39-19-17-32)28(37)26-31-12-11-30(3,41-31)25(29(38)40-5-2)24(31)27(36)34(26)23(21-35)20-22-9-7-6-8-10-22/h4,6-10,23-26,35H,1,5,11-21H2,2-3H3/t23-,24+,25+,26?,30-,31?/m1/s1. The maximum absolute atomic E-state index is 14.6. The average molecular weight is 570 g/mol. The van der Waals surface area contributed by atoms with Gasteiger partial charge < -0.3 is 29.1 Å². The minimum atomic E-state index is -1.18. The SMILES string of the molecule is C=CCN(CCN1CCOCC1)C(=O)C1N([C@@H](CO)Cc2ccccc2)C(=O)[C@@H]2[C@@H](C(=O)OCC)[C@@]3(C)CCC12O3. The molecule has 2 unspecified atom stereocenters. The minimum absolute atomic E-state index is 0.188. The van der Waals surface area contributed by atoms with Gasteiger partial charge in [0.1, 0.15) is 17.6 Å². The van der Waals surface area contributed by atoms with Crippen LogP contribution in [0, 0.1) is 11.8 Å². The molecule has 0 aliphatic carbocycles. The molecule has 224 valence electrons. The van der Waals surface area contributed by atoms with Crippen LogP contribution in [-0.4, -0.2) is 120 Å². The molecule has 41 heavy (non-hydrogen) atoms. The molecule has 0 aromatic heterocycles. The van der Waals surface area contributed by atoms with Crippen LogP contribution in [0.2, 0.25) is 0 Å². The Balaban J connectivity index is 1.52. The molecule has 4 fully saturated rings. The second-order valence-electron chi connectivity index (χ2n) is 11.8. The van der Waals surface area contributed by atoms with Gasteiger partial charge in [0.25, 0.3) is 0 Å². The number of benzene rings is 1. The van der Waals surface area contributed by atoms with Crippen LogP contribution in [-0.2, 0) is 35.0 Å². The van der Waals surface area contributed by atoms with E-state index in [1.807, 2.05) is 37.3 Å². The summed E-state index contributed by atoms with van der Waals surface area (Å²) in [6, 6.07) is 7.96. The van der Waals surface area contributed by atoms with Crippen LogP contribution in [0.25, 0.3) is 0 Å². The Morgan fingerprint density at radius 2 is 1.98 bits per heavy atom. The van der Waals surface area contributed by atoms with Crippen molar-refractivity contribution >= 4 is 17.8 Å². The number of aliphatic hydroxyl groups is 1. The van der Waals surface area contributed by atoms with Gasteiger partial charge in [0, 0.05) is 32.7 Å². The first kappa shape index (κ1) is 29.7. The van der Waals surface area contributed by atoms with Gasteiger partial charge in [-0.05, 0) is 38.7 Å². The number of hydrogen-bond donors (Lipinski definition) is 1. The predicted molar refractivity (Wildman–Crippen MR) is 151 cm³/mol. The largest absolute Gasteiger partial charge is 0.466 e. The zero-order valence-electron chi connectivity index (χ0n) is 24.2. The number of carbonyl (C=O) groups is 3. The smallest absolute Gasteiger partial charge is 0.312 e. The van der Waals surface area contributed by atoms with Crippen LogP contribution < -0.4 is 0 Å². The molecule has 5 rings (SSSR count). The third-order valence-electron chi connectivity index (χ3n) is 9.36. The highest BCUT2D eigenvalue weighted by Gasteiger charge is 2.79. The number of likely N-dealkylation sites (tertiary alicyclic amines) is 1. The van der Waals surface area contributed by atoms with Crippen LogP contribution in [0.5, 0.6) is 0 Å². The second kappa shape index (κ2) is 12.2. The van der Waals surface area contributed by atoms with E-state index in [1.54, 1.807) is 22.8 Å². The number of ether oxygens (including phenoxy) is 3. The number of carbonyl (C=O) groups excluding carboxylic acids is 3. The zero-order chi connectivity index (χ0) is 29.2. The third kappa shape index (κ3) is 5.31. The average Bonchev–Trinajstić information content (AvgIpc) is 3.55. The minimum Gasteiger partial charge on any atom is -0.466 e. The molecule has 2 bridgehead atoms. The van der Waals surface area contributed by atoms with Crippen LogP contribution in [0.3, 0.4) is 0 Å². The van der Waals surface area contributed by atoms with E-state index < -0.39 is 41.1 Å². The highest BCUT2D eigenvalue weighted by atomic mass is 16.6. The zero-order valence-corrected chi connectivity index (χ0v) is 24.2. The van der Waals surface area contributed by atoms with Crippen molar-refractivity contribution in [3.8, 4) is 0 Å². The van der Waals surface area contributed by atoms with Crippen LogP contribution in [0.15, 0.2) is 43.0 Å². The number of fused-ring (bicyclic) bond motifs is 1. The third-order valence-corrected chi connectivity index (χ3v) is 9.36. The van der Waals surface area contributed by atoms with E-state index in [0.29, 0.717) is 52.1 Å². The van der Waals surface area contributed by atoms with Crippen LogP contribution in [0.1, 0.15) is 32.3 Å². The summed E-state index contributed by atoms with van der Waals surface area (Å²) in [4.78, 5) is 47.9. The molecule has 4 aliphatic rings. The van der Waals surface area contributed by atoms with E-state index in [-0.39, 0.29) is 25.0 Å². The van der Waals surface area contributed by atoms with E-state index in [9.17, 15) is 19.5 Å². The molecule has 4 heterocycles. The van der Waals surface area contributed by atoms with E-state index in [4.69, 9.17) is 14.2 Å². The molecule has 4 aliphatic heterocycles. The summed E-state index contributed by atoms with van der Waals surface area (Å²) < 4.78 is 17.6. The summed E-state index contributed by atoms with van der Waals surface area (Å²) in [5, 5.41) is 10.6. The van der Waals surface area contributed by atoms with Crippen molar-refractivity contribution in [1.29, 1.82) is 0 Å². The lowest BCUT2D eigenvalue weighted by Gasteiger charge is -2.40. The first-order valence-corrected chi connectivity index (χ1v) is 14.8. The number of aliphatic hydroxyl groups excluding tert-OH is 1. The molecule has 1 aromatic rings. The Morgan fingerprint density at radius 1 is 1.24 bits per heavy atom. The molecule has 2 amide bonds. The molecular weight excluding hydrogens is 526 g/mol. The van der Waals surface area contributed by atoms with Gasteiger partial charge in [-0.2, -0.15) is 0 Å². The molecule has 6 atom stereocenters. The maximum Gasteiger partial charge on any atom is 0.312 e. The molecule has 0 radical (unpaired) electrons. The fourth-order valence-electron chi connectivity index (χ4n) is 7.47. The van der Waals surface area contributed by atoms with Crippen molar-refractivity contribution in [2.45, 2.75) is 56.4 Å². The van der Waals surface area contributed by atoms with Crippen molar-refractivity contribution in [1.82, 2.24) is 14.7 Å². The Morgan fingerprint density at radius 3 is 2.63 bits per heavy atom. The number of rotatable bonds is 12. The summed E-state index contributed by atoms with van der Waals surface area (Å²) >= 11 is 0. The number of amides is 2. The number of nitrogens with zero attached hydrogens (tertiary/aromatic N) is 3. The van der Waals surface area contributed by atoms with Gasteiger partial charge in [0.05, 0.1) is 44.0 Å². The molecule has 1 spiro atoms. The van der Waals surface area contributed by atoms with Gasteiger partial charge in [0.15, 0.2) is 0 Å². The summed E-state index contributed by atoms with van der Waals surface area (Å²) in [5.41, 5.74) is -1.14. The van der Waals surface area contributed by atoms with Crippen molar-refractivity contribution < 1.29 is 33.7 Å². The van der Waals surface area contributed by atoms with Crippen molar-refractivity contribution in [3.63, 3.8) is 0 Å². The molecular formula is C31H43N3O7. The summed E-state index contributed by atoms with van der Waals surface area (Å²) in [6.07, 6.45) is 3.07. The summed E-state index contributed by atoms with van der Waals surface area (Å²) in [5.74, 6) is -2.71. The quantitative estimate of drug-likeness (QED) is 0.296. The Labute approximate surface area is 242 Å². The van der Waals surface area contributed by atoms with Gasteiger partial charge in [-0.3, -0.25) is 19.3 Å².